The molecule has 4 rings (SSSR count). The molecule has 0 radical (unpaired) electrons. The van der Waals surface area contributed by atoms with Crippen LogP contribution in [0.4, 0.5) is 29.5 Å². The first-order valence-electron chi connectivity index (χ1n) is 11.1. The summed E-state index contributed by atoms with van der Waals surface area (Å²) in [6.07, 6.45) is -4.04. The molecule has 194 valence electrons. The number of carbonyl (C=O) groups excluding carboxylic acids is 2. The zero-order valence-corrected chi connectivity index (χ0v) is 20.1. The van der Waals surface area contributed by atoms with Crippen molar-refractivity contribution in [3.8, 4) is 0 Å². The third kappa shape index (κ3) is 5.54. The van der Waals surface area contributed by atoms with Crippen LogP contribution >= 0.6 is 0 Å². The van der Waals surface area contributed by atoms with E-state index in [2.05, 4.69) is 10.3 Å². The van der Waals surface area contributed by atoms with Gasteiger partial charge < -0.3 is 15.0 Å². The Bertz CT molecular complexity index is 1210. The molecule has 1 N–H and O–H groups in total. The average molecular weight is 528 g/mol. The van der Waals surface area contributed by atoms with Gasteiger partial charge in [0.25, 0.3) is 0 Å². The van der Waals surface area contributed by atoms with Gasteiger partial charge in [-0.25, -0.2) is 18.2 Å². The van der Waals surface area contributed by atoms with E-state index in [0.29, 0.717) is 24.6 Å². The third-order valence-corrected chi connectivity index (χ3v) is 7.79. The second-order valence-electron chi connectivity index (χ2n) is 8.34. The Morgan fingerprint density at radius 1 is 1.11 bits per heavy atom. The zero-order chi connectivity index (χ0) is 26.1. The first kappa shape index (κ1) is 25.7. The van der Waals surface area contributed by atoms with E-state index in [1.165, 1.54) is 22.3 Å². The normalized spacial score (nSPS) is 19.3. The molecule has 2 saturated heterocycles. The van der Waals surface area contributed by atoms with Crippen LogP contribution in [0.2, 0.25) is 0 Å². The minimum absolute atomic E-state index is 0.135. The van der Waals surface area contributed by atoms with Crippen molar-refractivity contribution in [2.75, 3.05) is 49.1 Å². The highest BCUT2D eigenvalue weighted by Crippen LogP contribution is 2.30. The molecule has 10 nitrogen and oxygen atoms in total. The van der Waals surface area contributed by atoms with Crippen molar-refractivity contribution in [3.63, 3.8) is 0 Å². The summed E-state index contributed by atoms with van der Waals surface area (Å²) in [7, 11) is -3.93. The molecule has 2 amide bonds. The van der Waals surface area contributed by atoms with E-state index in [-0.39, 0.29) is 37.0 Å². The molecule has 1 aromatic carbocycles. The van der Waals surface area contributed by atoms with Gasteiger partial charge in [0.05, 0.1) is 35.4 Å². The topological polar surface area (TPSA) is 112 Å². The summed E-state index contributed by atoms with van der Waals surface area (Å²) in [5.41, 5.74) is -0.385. The predicted molar refractivity (Wildman–Crippen MR) is 123 cm³/mol. The van der Waals surface area contributed by atoms with Crippen LogP contribution in [0.1, 0.15) is 12.5 Å². The second-order valence-corrected chi connectivity index (χ2v) is 10.3. The first-order valence-corrected chi connectivity index (χ1v) is 12.5. The number of cyclic esters (lactones) is 1. The molecule has 2 aliphatic heterocycles. The Labute approximate surface area is 205 Å². The summed E-state index contributed by atoms with van der Waals surface area (Å²) in [5.74, 6) is 0.371. The lowest BCUT2D eigenvalue weighted by atomic mass is 10.2. The van der Waals surface area contributed by atoms with Crippen LogP contribution < -0.4 is 15.1 Å². The highest BCUT2D eigenvalue weighted by atomic mass is 32.2. The number of carbonyl (C=O) groups is 2. The average Bonchev–Trinajstić information content (AvgIpc) is 3.23. The number of pyridine rings is 1. The van der Waals surface area contributed by atoms with Crippen molar-refractivity contribution >= 4 is 33.5 Å². The van der Waals surface area contributed by atoms with Crippen LogP contribution in [-0.4, -0.2) is 75.1 Å². The fourth-order valence-electron chi connectivity index (χ4n) is 3.94. The van der Waals surface area contributed by atoms with Crippen LogP contribution in [0, 0.1) is 0 Å². The van der Waals surface area contributed by atoms with E-state index in [4.69, 9.17) is 4.74 Å². The molecular weight excluding hydrogens is 503 g/mol. The lowest BCUT2D eigenvalue weighted by molar-refractivity contribution is -0.137. The molecule has 0 saturated carbocycles. The number of hydrogen-bond acceptors (Lipinski definition) is 7. The molecule has 2 fully saturated rings. The van der Waals surface area contributed by atoms with Crippen molar-refractivity contribution < 1.29 is 35.9 Å². The van der Waals surface area contributed by atoms with Gasteiger partial charge >= 0.3 is 12.3 Å². The Morgan fingerprint density at radius 3 is 2.33 bits per heavy atom. The molecule has 2 aromatic rings. The van der Waals surface area contributed by atoms with Crippen molar-refractivity contribution in [2.24, 2.45) is 0 Å². The van der Waals surface area contributed by atoms with Crippen LogP contribution in [-0.2, 0) is 25.7 Å². The highest BCUT2D eigenvalue weighted by molar-refractivity contribution is 7.89. The van der Waals surface area contributed by atoms with E-state index >= 15 is 0 Å². The number of halogens is 3. The van der Waals surface area contributed by atoms with Gasteiger partial charge in [0.1, 0.15) is 11.9 Å². The molecule has 0 spiro atoms. The summed E-state index contributed by atoms with van der Waals surface area (Å²) in [5, 5.41) is 2.61. The summed E-state index contributed by atoms with van der Waals surface area (Å²) in [4.78, 5) is 30.7. The number of alkyl halides is 3. The molecule has 2 aliphatic rings. The molecule has 1 atom stereocenters. The van der Waals surface area contributed by atoms with Gasteiger partial charge in [0.2, 0.25) is 15.9 Å². The highest BCUT2D eigenvalue weighted by Gasteiger charge is 2.34. The number of piperazine rings is 1. The minimum Gasteiger partial charge on any atom is -0.442 e. The summed E-state index contributed by atoms with van der Waals surface area (Å²) >= 11 is 0. The Balaban J connectivity index is 1.35. The number of ether oxygens (including phenoxy) is 1. The van der Waals surface area contributed by atoms with Gasteiger partial charge in [-0.15, -0.1) is 0 Å². The first-order chi connectivity index (χ1) is 16.9. The number of nitrogens with one attached hydrogen (secondary N) is 1. The monoisotopic (exact) mass is 527 g/mol. The summed E-state index contributed by atoms with van der Waals surface area (Å²) in [6, 6.07) is 6.86. The quantitative estimate of drug-likeness (QED) is 0.612. The molecule has 14 heteroatoms. The van der Waals surface area contributed by atoms with Gasteiger partial charge in [0, 0.05) is 33.1 Å². The molecule has 1 aromatic heterocycles. The standard InChI is InChI=1S/C22H24F3N5O5S/c1-15(31)26-13-18-14-30(21(32)35-18)17-4-7-20(27-12-17)28-8-10-29(11-9-28)36(33,34)19-5-2-16(3-6-19)22(23,24)25/h2-7,12,18H,8-11,13-14H2,1H3,(H,26,31)/t18-/m0/s1. The Hall–Kier alpha value is -3.39. The smallest absolute Gasteiger partial charge is 0.416 e. The molecule has 3 heterocycles. The molecule has 0 unspecified atom stereocenters. The van der Waals surface area contributed by atoms with Gasteiger partial charge in [-0.3, -0.25) is 9.69 Å². The lowest BCUT2D eigenvalue weighted by Gasteiger charge is -2.34. The van der Waals surface area contributed by atoms with E-state index < -0.39 is 34.0 Å². The van der Waals surface area contributed by atoms with E-state index in [9.17, 15) is 31.2 Å². The maximum absolute atomic E-state index is 12.9. The zero-order valence-electron chi connectivity index (χ0n) is 19.2. The lowest BCUT2D eigenvalue weighted by Crippen LogP contribution is -2.48. The van der Waals surface area contributed by atoms with E-state index in [1.54, 1.807) is 12.1 Å². The molecule has 0 aliphatic carbocycles. The van der Waals surface area contributed by atoms with Gasteiger partial charge in [-0.1, -0.05) is 0 Å². The molecule has 0 bridgehead atoms. The predicted octanol–water partition coefficient (Wildman–Crippen LogP) is 2.07. The second kappa shape index (κ2) is 9.93. The van der Waals surface area contributed by atoms with Gasteiger partial charge in [-0.2, -0.15) is 17.5 Å². The number of amides is 2. The van der Waals surface area contributed by atoms with E-state index in [1.807, 2.05) is 4.90 Å². The van der Waals surface area contributed by atoms with Crippen LogP contribution in [0.15, 0.2) is 47.5 Å². The number of aromatic nitrogens is 1. The minimum atomic E-state index is -4.54. The Morgan fingerprint density at radius 2 is 1.78 bits per heavy atom. The molecule has 36 heavy (non-hydrogen) atoms. The van der Waals surface area contributed by atoms with Crippen LogP contribution in [0.5, 0.6) is 0 Å². The number of rotatable bonds is 6. The van der Waals surface area contributed by atoms with Crippen molar-refractivity contribution in [1.82, 2.24) is 14.6 Å². The third-order valence-electron chi connectivity index (χ3n) is 5.88. The van der Waals surface area contributed by atoms with Crippen LogP contribution in [0.25, 0.3) is 0 Å². The van der Waals surface area contributed by atoms with Crippen LogP contribution in [0.3, 0.4) is 0 Å². The molecular formula is C22H24F3N5O5S. The van der Waals surface area contributed by atoms with Crippen molar-refractivity contribution in [2.45, 2.75) is 24.1 Å². The maximum Gasteiger partial charge on any atom is 0.416 e. The SMILES string of the molecule is CC(=O)NC[C@H]1CN(c2ccc(N3CCN(S(=O)(=O)c4ccc(C(F)(F)F)cc4)CC3)nc2)C(=O)O1. The number of nitrogens with zero attached hydrogens (tertiary/aromatic N) is 4. The number of anilines is 2. The van der Waals surface area contributed by atoms with Gasteiger partial charge in [0.15, 0.2) is 0 Å². The largest absolute Gasteiger partial charge is 0.442 e. The summed E-state index contributed by atoms with van der Waals surface area (Å²) in [6.45, 7) is 2.78. The van der Waals surface area contributed by atoms with Gasteiger partial charge in [-0.05, 0) is 36.4 Å². The number of sulfonamides is 1. The van der Waals surface area contributed by atoms with Crippen molar-refractivity contribution in [3.05, 3.63) is 48.2 Å². The Kier molecular flexibility index (Phi) is 7.09. The van der Waals surface area contributed by atoms with E-state index in [0.717, 1.165) is 24.3 Å². The number of benzene rings is 1. The summed E-state index contributed by atoms with van der Waals surface area (Å²) < 4.78 is 70.5. The fraction of sp³-hybridized carbons (Fsp3) is 0.409. The fourth-order valence-corrected chi connectivity index (χ4v) is 5.37. The maximum atomic E-state index is 12.9. The van der Waals surface area contributed by atoms with Crippen molar-refractivity contribution in [1.29, 1.82) is 0 Å². The number of hydrogen-bond donors (Lipinski definition) is 1.